The van der Waals surface area contributed by atoms with Crippen LogP contribution >= 0.6 is 0 Å². The Bertz CT molecular complexity index is 8810. The molecule has 0 aliphatic heterocycles. The number of benzene rings is 20. The highest BCUT2D eigenvalue weighted by atomic mass is 14.4. The van der Waals surface area contributed by atoms with Crippen molar-refractivity contribution in [2.75, 3.05) is 0 Å². The lowest BCUT2D eigenvalue weighted by molar-refractivity contribution is 0.841. The molecular weight excluding hydrogens is 1740 g/mol. The van der Waals surface area contributed by atoms with E-state index in [1.807, 2.05) is 0 Å². The van der Waals surface area contributed by atoms with Crippen molar-refractivity contribution >= 4 is 53.9 Å². The number of hydrogen-bond acceptors (Lipinski definition) is 0. The summed E-state index contributed by atoms with van der Waals surface area (Å²) >= 11 is 0. The summed E-state index contributed by atoms with van der Waals surface area (Å²) in [4.78, 5) is 0. The Balaban J connectivity index is 0.000000106. The molecule has 0 spiro atoms. The number of hydrogen-bond donors (Lipinski definition) is 0. The Kier molecular flexibility index (Phi) is 24.8. The largest absolute Gasteiger partial charge is 0.0776 e. The first kappa shape index (κ1) is 96.8. The molecule has 0 bridgehead atoms. The molecule has 0 atom stereocenters. The maximum absolute atomic E-state index is 2.39. The predicted octanol–water partition coefficient (Wildman–Crippen LogP) is 40.3. The fraction of sp³-hybridized carbons (Fsp3) is 0.241. The Hall–Kier alpha value is -14.3. The van der Waals surface area contributed by atoms with E-state index in [-0.39, 0.29) is 37.1 Å². The molecule has 145 heavy (non-hydrogen) atoms. The molecule has 0 saturated heterocycles. The van der Waals surface area contributed by atoms with Gasteiger partial charge in [-0.25, -0.2) is 0 Å². The zero-order valence-corrected chi connectivity index (χ0v) is 83.8. The Morgan fingerprint density at radius 2 is 0.366 bits per heavy atom. The summed E-state index contributed by atoms with van der Waals surface area (Å²) in [5.74, 6) is 2.78. The standard InChI is InChI=1S/5C28H24.5CH4/c1-16(2)26-17(3)12-13-22-24(26)15-23-20-10-6-7-11-21(20)27-19-9-5-4-8-18(19)14-25(27)28(22)23;1-16(2)26-17(3)12-13-22-24(26)15-25-23-14-18-8-4-5-9-19(18)27(23)20-10-6-7-11-21(20)28(22)25;1-16(2)26-17(3)12-13-22-24(26)15-25-27-19-9-5-4-8-18(19)14-23(27)20-10-6-7-11-21(20)28(22)25;1-16(2)26-17(3)12-13-22-25(26)15-24-21-11-7-6-10-20(21)23-14-18-8-4-5-9-19(18)27(23)28(22)24;1-16(2)27-17(3)8-11-23-25(27)14-19-10-13-22-21-12-9-18-6-4-5-7-20(18)24(21)15-26(22)28(19)23;;;;;/h5*4-13,16H,14-15H2,1-3H3;5*1H4. The van der Waals surface area contributed by atoms with Crippen LogP contribution in [0.15, 0.2) is 303 Å². The third-order valence-corrected chi connectivity index (χ3v) is 34.3. The van der Waals surface area contributed by atoms with Gasteiger partial charge in [0.25, 0.3) is 0 Å². The van der Waals surface area contributed by atoms with Gasteiger partial charge in [0.05, 0.1) is 0 Å². The van der Waals surface area contributed by atoms with Gasteiger partial charge in [-0.15, -0.1) is 0 Å². The van der Waals surface area contributed by atoms with Gasteiger partial charge in [0, 0.05) is 0 Å². The summed E-state index contributed by atoms with van der Waals surface area (Å²) in [5.41, 5.74) is 75.2. The normalized spacial score (nSPS) is 13.1. The quantitative estimate of drug-likeness (QED) is 0.161. The minimum absolute atomic E-state index is 0. The summed E-state index contributed by atoms with van der Waals surface area (Å²) in [5, 5.41) is 14.2. The van der Waals surface area contributed by atoms with Crippen LogP contribution in [-0.2, 0) is 64.2 Å². The van der Waals surface area contributed by atoms with Gasteiger partial charge in [0.1, 0.15) is 0 Å². The maximum atomic E-state index is 2.39. The van der Waals surface area contributed by atoms with Crippen molar-refractivity contribution in [3.63, 3.8) is 0 Å². The highest BCUT2D eigenvalue weighted by Crippen LogP contribution is 2.61. The van der Waals surface area contributed by atoms with Crippen molar-refractivity contribution in [1.29, 1.82) is 0 Å². The minimum Gasteiger partial charge on any atom is -0.0776 e. The van der Waals surface area contributed by atoms with Crippen LogP contribution in [0.2, 0.25) is 0 Å². The molecule has 10 aliphatic rings. The Labute approximate surface area is 863 Å². The fourth-order valence-corrected chi connectivity index (χ4v) is 29.2. The van der Waals surface area contributed by atoms with Gasteiger partial charge < -0.3 is 0 Å². The van der Waals surface area contributed by atoms with Crippen molar-refractivity contribution in [2.45, 2.75) is 235 Å². The summed E-state index contributed by atoms with van der Waals surface area (Å²) in [6.45, 7) is 34.7. The van der Waals surface area contributed by atoms with Crippen molar-refractivity contribution in [1.82, 2.24) is 0 Å². The molecule has 10 aliphatic carbocycles. The number of rotatable bonds is 5. The van der Waals surface area contributed by atoms with Crippen molar-refractivity contribution < 1.29 is 0 Å². The topological polar surface area (TPSA) is 0 Å². The van der Waals surface area contributed by atoms with Gasteiger partial charge in [0.2, 0.25) is 0 Å². The summed E-state index contributed by atoms with van der Waals surface area (Å²) in [6, 6.07) is 114. The van der Waals surface area contributed by atoms with Gasteiger partial charge in [-0.2, -0.15) is 0 Å². The molecule has 0 amide bonds. The van der Waals surface area contributed by atoms with Crippen LogP contribution in [0.4, 0.5) is 0 Å². The van der Waals surface area contributed by atoms with E-state index in [4.69, 9.17) is 0 Å². The molecule has 30 rings (SSSR count). The van der Waals surface area contributed by atoms with Crippen LogP contribution in [0.25, 0.3) is 165 Å². The fourth-order valence-electron chi connectivity index (χ4n) is 29.2. The van der Waals surface area contributed by atoms with Crippen molar-refractivity contribution in [3.8, 4) is 111 Å². The number of aryl methyl sites for hydroxylation is 5. The van der Waals surface area contributed by atoms with Crippen LogP contribution in [0.3, 0.4) is 0 Å². The zero-order valence-electron chi connectivity index (χ0n) is 83.8. The SMILES string of the molecule is C.C.C.C.C.Cc1ccc2c(c1C(C)C)Cc1c-2c2c(c3ccccc13)-c1ccccc1C2.Cc1ccc2c(c1C(C)C)Cc1c-2c2c(c3ccccc13)Cc1ccccc1-2.Cc1ccc2c(c1C(C)C)Cc1c3c(c4ccccc4c1-2)-c1ccccc1C3.Cc1ccc2c(c1C(C)C)Cc1c3c(c4ccccc4c1-2)Cc1ccccc1-3.Cc1ccc2c(c1C(C)C)Cc1ccc3c(c1-2)Cc1c-3ccc2ccccc12. The highest BCUT2D eigenvalue weighted by molar-refractivity contribution is 6.15. The average Bonchev–Trinajstić information content (AvgIpc) is 1.54. The minimum atomic E-state index is 0. The van der Waals surface area contributed by atoms with E-state index in [1.165, 1.54) is 243 Å². The molecule has 0 fully saturated rings. The van der Waals surface area contributed by atoms with Crippen LogP contribution in [-0.4, -0.2) is 0 Å². The molecule has 0 aromatic heterocycles. The first-order valence-electron chi connectivity index (χ1n) is 52.1. The van der Waals surface area contributed by atoms with Crippen molar-refractivity contribution in [2.24, 2.45) is 0 Å². The van der Waals surface area contributed by atoms with E-state index >= 15 is 0 Å². The predicted molar refractivity (Wildman–Crippen MR) is 630 cm³/mol. The van der Waals surface area contributed by atoms with E-state index < -0.39 is 0 Å². The number of fused-ring (bicyclic) bond motifs is 49. The molecule has 0 unspecified atom stereocenters. The highest BCUT2D eigenvalue weighted by Gasteiger charge is 2.41. The molecule has 0 N–H and O–H groups in total. The lowest BCUT2D eigenvalue weighted by Gasteiger charge is -2.16. The Morgan fingerprint density at radius 1 is 0.138 bits per heavy atom. The van der Waals surface area contributed by atoms with Gasteiger partial charge in [-0.05, 0) is 460 Å². The first-order chi connectivity index (χ1) is 68.2. The summed E-state index contributed by atoms with van der Waals surface area (Å²) < 4.78 is 0. The van der Waals surface area contributed by atoms with Gasteiger partial charge >= 0.3 is 0 Å². The Morgan fingerprint density at radius 3 is 0.807 bits per heavy atom. The van der Waals surface area contributed by atoms with E-state index in [9.17, 15) is 0 Å². The molecule has 0 heterocycles. The van der Waals surface area contributed by atoms with Gasteiger partial charge in [-0.1, -0.05) is 410 Å². The lowest BCUT2D eigenvalue weighted by atomic mass is 9.87. The van der Waals surface area contributed by atoms with Crippen LogP contribution in [0.1, 0.15) is 303 Å². The molecule has 20 aromatic rings. The molecular formula is C145H140. The molecule has 720 valence electrons. The summed E-state index contributed by atoms with van der Waals surface area (Å²) in [6.07, 6.45) is 10.7. The molecule has 0 radical (unpaired) electrons. The van der Waals surface area contributed by atoms with E-state index in [0.29, 0.717) is 29.6 Å². The first-order valence-corrected chi connectivity index (χ1v) is 52.1. The lowest BCUT2D eigenvalue weighted by Crippen LogP contribution is -1.99. The molecule has 0 saturated carbocycles. The van der Waals surface area contributed by atoms with Crippen LogP contribution < -0.4 is 0 Å². The monoisotopic (exact) mass is 1880 g/mol. The third-order valence-electron chi connectivity index (χ3n) is 34.3. The van der Waals surface area contributed by atoms with Crippen LogP contribution in [0.5, 0.6) is 0 Å². The molecule has 20 aromatic carbocycles. The smallest absolute Gasteiger partial charge is 0.000101 e. The maximum Gasteiger partial charge on any atom is -0.000101 e. The van der Waals surface area contributed by atoms with Crippen molar-refractivity contribution in [3.05, 3.63) is 470 Å². The third kappa shape index (κ3) is 14.7. The molecule has 0 heteroatoms. The summed E-state index contributed by atoms with van der Waals surface area (Å²) in [7, 11) is 0. The average molecular weight is 1880 g/mol. The van der Waals surface area contributed by atoms with E-state index in [0.717, 1.165) is 64.2 Å². The zero-order chi connectivity index (χ0) is 95.0. The van der Waals surface area contributed by atoms with E-state index in [2.05, 4.69) is 407 Å². The van der Waals surface area contributed by atoms with Gasteiger partial charge in [-0.3, -0.25) is 0 Å². The van der Waals surface area contributed by atoms with E-state index in [1.54, 1.807) is 89.0 Å². The molecule has 0 nitrogen and oxygen atoms in total. The second-order valence-corrected chi connectivity index (χ2v) is 43.7. The van der Waals surface area contributed by atoms with Gasteiger partial charge in [0.15, 0.2) is 0 Å². The van der Waals surface area contributed by atoms with Crippen LogP contribution in [0, 0.1) is 34.6 Å². The second kappa shape index (κ2) is 37.1. The second-order valence-electron chi connectivity index (χ2n) is 43.7.